The number of hydrogen-bond acceptors (Lipinski definition) is 5. The number of rotatable bonds is 0. The van der Waals surface area contributed by atoms with Gasteiger partial charge in [0.1, 0.15) is 0 Å². The first-order valence-electron chi connectivity index (χ1n) is 1.43. The van der Waals surface area contributed by atoms with Crippen molar-refractivity contribution in [2.75, 3.05) is 0 Å². The average Bonchev–Trinajstić information content (AvgIpc) is 1.19. The van der Waals surface area contributed by atoms with Gasteiger partial charge in [-0.3, -0.25) is 0 Å². The van der Waals surface area contributed by atoms with E-state index in [0.29, 0.717) is 0 Å². The first-order chi connectivity index (χ1) is 3.73. The van der Waals surface area contributed by atoms with Gasteiger partial charge >= 0.3 is 46.6 Å². The van der Waals surface area contributed by atoms with Crippen molar-refractivity contribution in [3.05, 3.63) is 0 Å². The molecule has 7 nitrogen and oxygen atoms in total. The molecule has 0 aromatic heterocycles. The van der Waals surface area contributed by atoms with Crippen molar-refractivity contribution in [2.24, 2.45) is 0 Å². The zero-order valence-corrected chi connectivity index (χ0v) is 6.48. The summed E-state index contributed by atoms with van der Waals surface area (Å²) >= 11 is -5.25. The summed E-state index contributed by atoms with van der Waals surface area (Å²) < 4.78 is 31.9. The van der Waals surface area contributed by atoms with Gasteiger partial charge in [-0.2, -0.15) is 0 Å². The van der Waals surface area contributed by atoms with Crippen LogP contribution in [0.25, 0.3) is 0 Å². The zero-order valence-electron chi connectivity index (χ0n) is 4.26. The van der Waals surface area contributed by atoms with Gasteiger partial charge in [-0.1, -0.05) is 0 Å². The third kappa shape index (κ3) is 1800. The van der Waals surface area contributed by atoms with Crippen LogP contribution in [0.2, 0.25) is 0 Å². The Morgan fingerprint density at radius 3 is 1.20 bits per heavy atom. The summed E-state index contributed by atoms with van der Waals surface area (Å²) in [6.45, 7) is 0. The maximum atomic E-state index is 8.82. The molecule has 0 aliphatic heterocycles. The van der Waals surface area contributed by atoms with Crippen molar-refractivity contribution in [1.29, 1.82) is 0 Å². The van der Waals surface area contributed by atoms with E-state index < -0.39 is 20.9 Å². The van der Waals surface area contributed by atoms with Crippen molar-refractivity contribution in [2.45, 2.75) is 0 Å². The van der Waals surface area contributed by atoms with Crippen molar-refractivity contribution in [3.63, 3.8) is 0 Å². The van der Waals surface area contributed by atoms with Crippen LogP contribution in [-0.2, 0) is 38.3 Å². The van der Waals surface area contributed by atoms with E-state index in [9.17, 15) is 0 Å². The van der Waals surface area contributed by atoms with Gasteiger partial charge in [0, 0.05) is 0 Å². The molecule has 3 N–H and O–H groups in total. The van der Waals surface area contributed by atoms with Gasteiger partial charge in [0.05, 0.1) is 7.32 Å². The molecule has 10 heavy (non-hydrogen) atoms. The van der Waals surface area contributed by atoms with Crippen LogP contribution >= 0.6 is 0 Å². The van der Waals surface area contributed by atoms with Crippen LogP contribution in [0.1, 0.15) is 0 Å². The van der Waals surface area contributed by atoms with Crippen molar-refractivity contribution in [3.8, 4) is 0 Å². The first-order valence-corrected chi connectivity index (χ1v) is 3.61. The van der Waals surface area contributed by atoms with E-state index in [2.05, 4.69) is 0 Å². The van der Waals surface area contributed by atoms with Gasteiger partial charge in [-0.15, -0.1) is 0 Å². The number of hydrogen-bond donors (Lipinski definition) is 3. The molecule has 0 atom stereocenters. The minimum atomic E-state index is -5.25. The van der Waals surface area contributed by atoms with Crippen LogP contribution in [0, 0.1) is 0 Å². The fourth-order valence-electron chi connectivity index (χ4n) is 0. The molecule has 0 aliphatic carbocycles. The Labute approximate surface area is 69.3 Å². The Morgan fingerprint density at radius 2 is 1.20 bits per heavy atom. The van der Waals surface area contributed by atoms with Crippen LogP contribution in [0.5, 0.6) is 0 Å². The quantitative estimate of drug-likeness (QED) is 0.362. The van der Waals surface area contributed by atoms with Gasteiger partial charge in [-0.25, -0.2) is 0 Å². The molecule has 10 heteroatoms. The van der Waals surface area contributed by atoms with Crippen LogP contribution in [0.3, 0.4) is 0 Å². The summed E-state index contributed by atoms with van der Waals surface area (Å²) in [5.41, 5.74) is 0. The Kier molecular flexibility index (Phi) is 12.8. The fraction of sp³-hybridized carbons (Fsp3) is 0. The van der Waals surface area contributed by atoms with E-state index in [0.717, 1.165) is 0 Å². The zero-order chi connectivity index (χ0) is 8.08. The monoisotopic (exact) mass is 241 g/mol. The molecule has 0 aromatic rings. The topological polar surface area (TPSA) is 141 Å². The van der Waals surface area contributed by atoms with Crippen LogP contribution < -0.4 is 10.0 Å². The van der Waals surface area contributed by atoms with Gasteiger partial charge in [-0.05, 0) is 0 Å². The molecule has 0 amide bonds. The Bertz CT molecular complexity index is 125. The Balaban J connectivity index is -0.0000000910. The second-order valence-corrected chi connectivity index (χ2v) is 2.15. The molecule has 0 saturated carbocycles. The predicted octanol–water partition coefficient (Wildman–Crippen LogP) is -4.67. The molecule has 0 saturated heterocycles. The third-order valence-corrected chi connectivity index (χ3v) is 0. The summed E-state index contributed by atoms with van der Waals surface area (Å²) in [7, 11) is -2.67. The van der Waals surface area contributed by atoms with E-state index in [4.69, 9.17) is 31.0 Å². The summed E-state index contributed by atoms with van der Waals surface area (Å²) in [6.07, 6.45) is 0. The van der Waals surface area contributed by atoms with E-state index >= 15 is 0 Å². The van der Waals surface area contributed by atoms with Crippen molar-refractivity contribution >= 4 is 7.32 Å². The van der Waals surface area contributed by atoms with Crippen molar-refractivity contribution in [1.82, 2.24) is 0 Å². The standard InChI is InChI=1S/BHO3.Cr.Cu.2H2O.2O/c2-1(3)4;;;;;;/h2H;;;2*1H2;;/q-2;2*+2;;;;/p-2. The second-order valence-electron chi connectivity index (χ2n) is 0.755. The molecule has 0 heterocycles. The molecule has 0 rings (SSSR count). The molecule has 0 aromatic carbocycles. The second kappa shape index (κ2) is 7.62. The van der Waals surface area contributed by atoms with Gasteiger partial charge in [0.25, 0.3) is 0 Å². The van der Waals surface area contributed by atoms with Gasteiger partial charge < -0.3 is 15.1 Å². The normalized spacial score (nSPS) is 8.50. The predicted molar refractivity (Wildman–Crippen MR) is 13.8 cm³/mol. The molecule has 1 radical (unpaired) electrons. The molecule has 0 spiro atoms. The van der Waals surface area contributed by atoms with E-state index in [-0.39, 0.29) is 17.1 Å². The first kappa shape index (κ1) is 16.9. The minimum absolute atomic E-state index is 0. The molecule has 0 bridgehead atoms. The molecule has 0 unspecified atom stereocenters. The van der Waals surface area contributed by atoms with Crippen LogP contribution in [0.4, 0.5) is 0 Å². The molecule has 0 fully saturated rings. The van der Waals surface area contributed by atoms with Crippen LogP contribution in [-0.4, -0.2) is 20.7 Å². The molecule has 65 valence electrons. The van der Waals surface area contributed by atoms with Gasteiger partial charge in [0.2, 0.25) is 0 Å². The average molecular weight is 241 g/mol. The summed E-state index contributed by atoms with van der Waals surface area (Å²) in [4.78, 5) is 0. The van der Waals surface area contributed by atoms with E-state index in [1.54, 1.807) is 0 Å². The Morgan fingerprint density at radius 1 is 1.20 bits per heavy atom. The SMILES string of the molecule is [Cu+2].[O-]B([O-])O.[O]=[Cr](=[O])([OH])[OH]. The van der Waals surface area contributed by atoms with Crippen molar-refractivity contribution < 1.29 is 61.7 Å². The summed E-state index contributed by atoms with van der Waals surface area (Å²) in [5, 5.41) is 24.0. The summed E-state index contributed by atoms with van der Waals surface area (Å²) in [5.74, 6) is 0. The maximum absolute atomic E-state index is 8.82. The Hall–Kier alpha value is 0.517. The van der Waals surface area contributed by atoms with Gasteiger partial charge in [0.15, 0.2) is 0 Å². The van der Waals surface area contributed by atoms with Crippen LogP contribution in [0.15, 0.2) is 0 Å². The molecule has 0 aliphatic rings. The summed E-state index contributed by atoms with van der Waals surface area (Å²) in [6, 6.07) is 0. The molecular formula is H3BCrCuO7. The van der Waals surface area contributed by atoms with E-state index in [1.807, 2.05) is 0 Å². The van der Waals surface area contributed by atoms with E-state index in [1.165, 1.54) is 0 Å². The fourth-order valence-corrected chi connectivity index (χ4v) is 0. The molecular weight excluding hydrogens is 238 g/mol. The third-order valence-electron chi connectivity index (χ3n) is 0.